The van der Waals surface area contributed by atoms with Gasteiger partial charge in [-0.1, -0.05) is 6.07 Å². The van der Waals surface area contributed by atoms with Crippen LogP contribution in [0.4, 0.5) is 5.69 Å². The van der Waals surface area contributed by atoms with Crippen LogP contribution in [0.3, 0.4) is 0 Å². The fraction of sp³-hybridized carbons (Fsp3) is 0.308. The molecule has 0 radical (unpaired) electrons. The fourth-order valence-corrected chi connectivity index (χ4v) is 1.65. The van der Waals surface area contributed by atoms with Crippen molar-refractivity contribution in [1.29, 1.82) is 5.26 Å². The molecule has 1 aromatic rings. The number of hydrogen-bond donors (Lipinski definition) is 2. The summed E-state index contributed by atoms with van der Waals surface area (Å²) in [6.45, 7) is 1.59. The number of hydrogen-bond acceptors (Lipinski definition) is 5. The quantitative estimate of drug-likeness (QED) is 0.587. The van der Waals surface area contributed by atoms with Gasteiger partial charge in [0, 0.05) is 23.6 Å². The molecule has 0 bridgehead atoms. The van der Waals surface area contributed by atoms with Crippen LogP contribution >= 0.6 is 0 Å². The van der Waals surface area contributed by atoms with Crippen LogP contribution in [0.5, 0.6) is 0 Å². The first kappa shape index (κ1) is 16.1. The highest BCUT2D eigenvalue weighted by Gasteiger charge is 2.22. The molecule has 0 fully saturated rings. The average Bonchev–Trinajstić information content (AvgIpc) is 2.46. The van der Waals surface area contributed by atoms with Crippen molar-refractivity contribution in [3.8, 4) is 6.07 Å². The standard InChI is InChI=1S/C13H14N4O4/c1-8(7-14)5-11(12(15)18)16-13(19)9-3-2-4-10(6-9)17(20)21/h2-4,6,8,11H,5H2,1H3,(H2,15,18)(H,16,19)/t8-,11+/m0/s1. The minimum atomic E-state index is -1.01. The minimum Gasteiger partial charge on any atom is -0.368 e. The molecule has 3 N–H and O–H groups in total. The summed E-state index contributed by atoms with van der Waals surface area (Å²) >= 11 is 0. The molecule has 0 spiro atoms. The number of benzene rings is 1. The zero-order chi connectivity index (χ0) is 16.0. The van der Waals surface area contributed by atoms with E-state index in [9.17, 15) is 19.7 Å². The predicted octanol–water partition coefficient (Wildman–Crippen LogP) is 0.728. The molecule has 1 rings (SSSR count). The van der Waals surface area contributed by atoms with Crippen molar-refractivity contribution in [2.45, 2.75) is 19.4 Å². The van der Waals surface area contributed by atoms with Crippen LogP contribution in [-0.2, 0) is 4.79 Å². The number of rotatable bonds is 6. The molecule has 0 aliphatic rings. The number of nitrogens with two attached hydrogens (primary N) is 1. The van der Waals surface area contributed by atoms with Gasteiger partial charge in [0.2, 0.25) is 5.91 Å². The highest BCUT2D eigenvalue weighted by molar-refractivity contribution is 5.97. The van der Waals surface area contributed by atoms with Gasteiger partial charge in [0.25, 0.3) is 11.6 Å². The van der Waals surface area contributed by atoms with Gasteiger partial charge in [-0.2, -0.15) is 5.26 Å². The Bertz CT molecular complexity index is 608. The zero-order valence-electron chi connectivity index (χ0n) is 11.3. The highest BCUT2D eigenvalue weighted by atomic mass is 16.6. The van der Waals surface area contributed by atoms with Crippen LogP contribution in [-0.4, -0.2) is 22.8 Å². The number of carbonyl (C=O) groups is 2. The molecule has 110 valence electrons. The van der Waals surface area contributed by atoms with Gasteiger partial charge in [-0.05, 0) is 19.4 Å². The predicted molar refractivity (Wildman–Crippen MR) is 72.9 cm³/mol. The maximum Gasteiger partial charge on any atom is 0.270 e. The van der Waals surface area contributed by atoms with Crippen molar-refractivity contribution in [2.75, 3.05) is 0 Å². The Hall–Kier alpha value is -2.95. The molecule has 0 aliphatic carbocycles. The van der Waals surface area contributed by atoms with Gasteiger partial charge in [0.05, 0.1) is 11.0 Å². The second-order valence-corrected chi connectivity index (χ2v) is 4.50. The van der Waals surface area contributed by atoms with E-state index in [4.69, 9.17) is 11.0 Å². The van der Waals surface area contributed by atoms with E-state index in [0.29, 0.717) is 0 Å². The summed E-state index contributed by atoms with van der Waals surface area (Å²) < 4.78 is 0. The summed E-state index contributed by atoms with van der Waals surface area (Å²) in [7, 11) is 0. The van der Waals surface area contributed by atoms with E-state index < -0.39 is 28.7 Å². The van der Waals surface area contributed by atoms with Gasteiger partial charge in [0.1, 0.15) is 6.04 Å². The van der Waals surface area contributed by atoms with Gasteiger partial charge >= 0.3 is 0 Å². The van der Waals surface area contributed by atoms with Crippen molar-refractivity contribution in [1.82, 2.24) is 5.32 Å². The van der Waals surface area contributed by atoms with Gasteiger partial charge < -0.3 is 11.1 Å². The summed E-state index contributed by atoms with van der Waals surface area (Å²) in [5.41, 5.74) is 4.98. The molecule has 8 nitrogen and oxygen atoms in total. The average molecular weight is 290 g/mol. The van der Waals surface area contributed by atoms with E-state index in [0.717, 1.165) is 6.07 Å². The summed E-state index contributed by atoms with van der Waals surface area (Å²) in [6, 6.07) is 6.03. The largest absolute Gasteiger partial charge is 0.368 e. The number of carbonyl (C=O) groups excluding carboxylic acids is 2. The minimum absolute atomic E-state index is 0.0417. The van der Waals surface area contributed by atoms with Crippen molar-refractivity contribution < 1.29 is 14.5 Å². The Morgan fingerprint density at radius 1 is 1.52 bits per heavy atom. The van der Waals surface area contributed by atoms with E-state index in [1.807, 2.05) is 6.07 Å². The SMILES string of the molecule is C[C@H](C#N)C[C@@H](NC(=O)c1cccc([N+](=O)[O-])c1)C(N)=O. The van der Waals surface area contributed by atoms with Crippen LogP contribution < -0.4 is 11.1 Å². The first-order chi connectivity index (χ1) is 9.85. The Morgan fingerprint density at radius 2 is 2.19 bits per heavy atom. The smallest absolute Gasteiger partial charge is 0.270 e. The van der Waals surface area contributed by atoms with E-state index >= 15 is 0 Å². The molecule has 0 saturated carbocycles. The number of amides is 2. The second kappa shape index (κ2) is 7.00. The maximum absolute atomic E-state index is 12.0. The summed E-state index contributed by atoms with van der Waals surface area (Å²) in [4.78, 5) is 33.3. The van der Waals surface area contributed by atoms with Crippen LogP contribution in [0, 0.1) is 27.4 Å². The maximum atomic E-state index is 12.0. The number of nitriles is 1. The van der Waals surface area contributed by atoms with E-state index in [-0.39, 0.29) is 17.7 Å². The Labute approximate surface area is 120 Å². The molecule has 2 amide bonds. The number of nitro groups is 1. The molecular formula is C13H14N4O4. The van der Waals surface area contributed by atoms with Crippen molar-refractivity contribution in [2.24, 2.45) is 11.7 Å². The van der Waals surface area contributed by atoms with Crippen molar-refractivity contribution >= 4 is 17.5 Å². The number of nitro benzene ring substituents is 1. The summed E-state index contributed by atoms with van der Waals surface area (Å²) in [5.74, 6) is -1.89. The summed E-state index contributed by atoms with van der Waals surface area (Å²) in [6.07, 6.45) is 0.0759. The van der Waals surface area contributed by atoms with Crippen LogP contribution in [0.15, 0.2) is 24.3 Å². The lowest BCUT2D eigenvalue weighted by atomic mass is 10.0. The fourth-order valence-electron chi connectivity index (χ4n) is 1.65. The molecule has 21 heavy (non-hydrogen) atoms. The third-order valence-electron chi connectivity index (χ3n) is 2.78. The molecule has 0 aromatic heterocycles. The van der Waals surface area contributed by atoms with Crippen LogP contribution in [0.25, 0.3) is 0 Å². The molecule has 0 heterocycles. The molecule has 0 unspecified atom stereocenters. The molecule has 1 aromatic carbocycles. The van der Waals surface area contributed by atoms with Gasteiger partial charge in [0.15, 0.2) is 0 Å². The van der Waals surface area contributed by atoms with Gasteiger partial charge in [-0.15, -0.1) is 0 Å². The first-order valence-electron chi connectivity index (χ1n) is 6.09. The molecule has 2 atom stereocenters. The van der Waals surface area contributed by atoms with E-state index in [2.05, 4.69) is 5.32 Å². The third-order valence-corrected chi connectivity index (χ3v) is 2.78. The topological polar surface area (TPSA) is 139 Å². The van der Waals surface area contributed by atoms with Crippen molar-refractivity contribution in [3.63, 3.8) is 0 Å². The zero-order valence-corrected chi connectivity index (χ0v) is 11.3. The highest BCUT2D eigenvalue weighted by Crippen LogP contribution is 2.13. The normalized spacial score (nSPS) is 12.8. The Balaban J connectivity index is 2.87. The molecule has 0 aliphatic heterocycles. The number of nitrogens with one attached hydrogen (secondary N) is 1. The Morgan fingerprint density at radius 3 is 2.71 bits per heavy atom. The van der Waals surface area contributed by atoms with E-state index in [1.54, 1.807) is 6.92 Å². The Kier molecular flexibility index (Phi) is 5.37. The lowest BCUT2D eigenvalue weighted by molar-refractivity contribution is -0.384. The molecule has 0 saturated heterocycles. The summed E-state index contributed by atoms with van der Waals surface area (Å²) in [5, 5.41) is 21.8. The molecule has 8 heteroatoms. The number of primary amides is 1. The molecular weight excluding hydrogens is 276 g/mol. The van der Waals surface area contributed by atoms with Crippen LogP contribution in [0.2, 0.25) is 0 Å². The first-order valence-corrected chi connectivity index (χ1v) is 6.09. The monoisotopic (exact) mass is 290 g/mol. The van der Waals surface area contributed by atoms with Crippen molar-refractivity contribution in [3.05, 3.63) is 39.9 Å². The number of nitrogens with zero attached hydrogens (tertiary/aromatic N) is 2. The van der Waals surface area contributed by atoms with Gasteiger partial charge in [-0.3, -0.25) is 19.7 Å². The second-order valence-electron chi connectivity index (χ2n) is 4.50. The number of non-ortho nitro benzene ring substituents is 1. The van der Waals surface area contributed by atoms with Gasteiger partial charge in [-0.25, -0.2) is 0 Å². The van der Waals surface area contributed by atoms with Crippen LogP contribution in [0.1, 0.15) is 23.7 Å². The lowest BCUT2D eigenvalue weighted by Crippen LogP contribution is -2.45. The third kappa shape index (κ3) is 4.58. The van der Waals surface area contributed by atoms with E-state index in [1.165, 1.54) is 18.2 Å². The lowest BCUT2D eigenvalue weighted by Gasteiger charge is -2.16.